The molecule has 116 valence electrons. The molecule has 1 aliphatic heterocycles. The fourth-order valence-electron chi connectivity index (χ4n) is 3.05. The van der Waals surface area contributed by atoms with Gasteiger partial charge in [-0.2, -0.15) is 0 Å². The van der Waals surface area contributed by atoms with E-state index in [4.69, 9.17) is 0 Å². The maximum absolute atomic E-state index is 12.8. The molecule has 2 aromatic heterocycles. The van der Waals surface area contributed by atoms with Gasteiger partial charge in [-0.1, -0.05) is 18.2 Å². The molecule has 3 heterocycles. The largest absolute Gasteiger partial charge is 0.355 e. The van der Waals surface area contributed by atoms with Crippen LogP contribution in [-0.2, 0) is 4.79 Å². The quantitative estimate of drug-likeness (QED) is 0.797. The normalized spacial score (nSPS) is 21.1. The van der Waals surface area contributed by atoms with E-state index < -0.39 is 0 Å². The molecule has 23 heavy (non-hydrogen) atoms. The molecule has 0 radical (unpaired) electrons. The number of carbonyl (C=O) groups is 1. The van der Waals surface area contributed by atoms with E-state index in [1.165, 1.54) is 0 Å². The summed E-state index contributed by atoms with van der Waals surface area (Å²) in [5.41, 5.74) is 1.54. The number of aromatic nitrogens is 4. The van der Waals surface area contributed by atoms with E-state index in [-0.39, 0.29) is 18.0 Å². The number of anilines is 2. The molecule has 7 nitrogen and oxygen atoms in total. The van der Waals surface area contributed by atoms with E-state index in [9.17, 15) is 4.79 Å². The molecule has 7 heteroatoms. The molecule has 0 aliphatic carbocycles. The summed E-state index contributed by atoms with van der Waals surface area (Å²) in [6, 6.07) is 9.53. The van der Waals surface area contributed by atoms with Crippen molar-refractivity contribution < 1.29 is 4.79 Å². The zero-order valence-corrected chi connectivity index (χ0v) is 12.6. The maximum Gasteiger partial charge on any atom is 0.249 e. The summed E-state index contributed by atoms with van der Waals surface area (Å²) in [4.78, 5) is 18.9. The van der Waals surface area contributed by atoms with Crippen LogP contribution in [0.25, 0.3) is 5.65 Å². The molecule has 1 fully saturated rings. The summed E-state index contributed by atoms with van der Waals surface area (Å²) in [5, 5.41) is 11.1. The van der Waals surface area contributed by atoms with Crippen LogP contribution in [0.1, 0.15) is 13.3 Å². The first kappa shape index (κ1) is 13.7. The molecule has 0 spiro atoms. The molecule has 1 saturated heterocycles. The Balaban J connectivity index is 1.61. The van der Waals surface area contributed by atoms with Gasteiger partial charge in [-0.05, 0) is 25.5 Å². The van der Waals surface area contributed by atoms with Crippen molar-refractivity contribution in [3.8, 4) is 0 Å². The van der Waals surface area contributed by atoms with Gasteiger partial charge in [-0.25, -0.2) is 4.98 Å². The van der Waals surface area contributed by atoms with Gasteiger partial charge < -0.3 is 10.2 Å². The number of para-hydroxylation sites is 1. The Morgan fingerprint density at radius 2 is 2.09 bits per heavy atom. The summed E-state index contributed by atoms with van der Waals surface area (Å²) in [6.07, 6.45) is 5.76. The zero-order valence-electron chi connectivity index (χ0n) is 12.6. The highest BCUT2D eigenvalue weighted by Crippen LogP contribution is 2.28. The average molecular weight is 308 g/mol. The first-order chi connectivity index (χ1) is 11.2. The van der Waals surface area contributed by atoms with Gasteiger partial charge in [0.1, 0.15) is 12.4 Å². The van der Waals surface area contributed by atoms with Crippen LogP contribution in [0.4, 0.5) is 11.5 Å². The van der Waals surface area contributed by atoms with Crippen molar-refractivity contribution >= 4 is 23.1 Å². The lowest BCUT2D eigenvalue weighted by molar-refractivity contribution is -0.117. The fraction of sp³-hybridized carbons (Fsp3) is 0.250. The van der Waals surface area contributed by atoms with Crippen LogP contribution < -0.4 is 10.2 Å². The van der Waals surface area contributed by atoms with Crippen molar-refractivity contribution in [2.24, 2.45) is 0 Å². The van der Waals surface area contributed by atoms with Crippen molar-refractivity contribution in [3.63, 3.8) is 0 Å². The van der Waals surface area contributed by atoms with Gasteiger partial charge in [0, 0.05) is 24.1 Å². The number of hydrogen-bond donors (Lipinski definition) is 1. The lowest BCUT2D eigenvalue weighted by atomic mass is 10.2. The Hall–Kier alpha value is -2.96. The van der Waals surface area contributed by atoms with Crippen LogP contribution >= 0.6 is 0 Å². The standard InChI is InChI=1S/C16H16N6O/c1-11-9-13(16(23)22(11)12-5-3-2-4-6-12)19-14-15-20-18-10-21(15)8-7-17-14/h2-8,10-11,13H,9H2,1H3,(H,17,19)/t11-,13+/m0/s1. The second-order valence-electron chi connectivity index (χ2n) is 5.66. The smallest absolute Gasteiger partial charge is 0.249 e. The van der Waals surface area contributed by atoms with E-state index in [1.807, 2.05) is 35.2 Å². The minimum absolute atomic E-state index is 0.0482. The third-order valence-corrected chi connectivity index (χ3v) is 4.11. The summed E-state index contributed by atoms with van der Waals surface area (Å²) in [7, 11) is 0. The van der Waals surface area contributed by atoms with E-state index in [2.05, 4.69) is 27.4 Å². The molecule has 2 atom stereocenters. The van der Waals surface area contributed by atoms with Gasteiger partial charge in [-0.15, -0.1) is 10.2 Å². The third kappa shape index (κ3) is 2.30. The summed E-state index contributed by atoms with van der Waals surface area (Å²) < 4.78 is 1.77. The van der Waals surface area contributed by atoms with Crippen molar-refractivity contribution in [2.45, 2.75) is 25.4 Å². The number of amides is 1. The van der Waals surface area contributed by atoms with Crippen LogP contribution in [0.15, 0.2) is 49.1 Å². The topological polar surface area (TPSA) is 75.4 Å². The molecular weight excluding hydrogens is 292 g/mol. The number of benzene rings is 1. The van der Waals surface area contributed by atoms with Gasteiger partial charge >= 0.3 is 0 Å². The summed E-state index contributed by atoms with van der Waals surface area (Å²) >= 11 is 0. The Labute approximate surface area is 133 Å². The highest BCUT2D eigenvalue weighted by Gasteiger charge is 2.38. The lowest BCUT2D eigenvalue weighted by Gasteiger charge is -2.21. The zero-order chi connectivity index (χ0) is 15.8. The van der Waals surface area contributed by atoms with Crippen LogP contribution in [0.5, 0.6) is 0 Å². The van der Waals surface area contributed by atoms with Crippen LogP contribution in [-0.4, -0.2) is 37.6 Å². The van der Waals surface area contributed by atoms with Crippen molar-refractivity contribution in [3.05, 3.63) is 49.1 Å². The number of hydrogen-bond acceptors (Lipinski definition) is 5. The Morgan fingerprint density at radius 1 is 1.26 bits per heavy atom. The molecule has 3 aromatic rings. The van der Waals surface area contributed by atoms with E-state index in [0.717, 1.165) is 5.69 Å². The SMILES string of the molecule is C[C@H]1C[C@@H](Nc2nccn3cnnc23)C(=O)N1c1ccccc1. The molecule has 1 aliphatic rings. The second kappa shape index (κ2) is 5.35. The predicted octanol–water partition coefficient (Wildman–Crippen LogP) is 1.73. The monoisotopic (exact) mass is 308 g/mol. The molecule has 4 rings (SSSR count). The van der Waals surface area contributed by atoms with Crippen LogP contribution in [0.2, 0.25) is 0 Å². The minimum Gasteiger partial charge on any atom is -0.355 e. The lowest BCUT2D eigenvalue weighted by Crippen LogP contribution is -2.35. The molecule has 0 saturated carbocycles. The number of nitrogens with zero attached hydrogens (tertiary/aromatic N) is 5. The van der Waals surface area contributed by atoms with Gasteiger partial charge in [0.15, 0.2) is 5.82 Å². The number of carbonyl (C=O) groups excluding carboxylic acids is 1. The minimum atomic E-state index is -0.319. The first-order valence-electron chi connectivity index (χ1n) is 7.53. The van der Waals surface area contributed by atoms with E-state index >= 15 is 0 Å². The molecule has 1 amide bonds. The fourth-order valence-corrected chi connectivity index (χ4v) is 3.05. The number of nitrogens with one attached hydrogen (secondary N) is 1. The first-order valence-corrected chi connectivity index (χ1v) is 7.53. The van der Waals surface area contributed by atoms with Crippen molar-refractivity contribution in [2.75, 3.05) is 10.2 Å². The second-order valence-corrected chi connectivity index (χ2v) is 5.66. The maximum atomic E-state index is 12.8. The average Bonchev–Trinajstić information content (AvgIpc) is 3.14. The highest BCUT2D eigenvalue weighted by atomic mass is 16.2. The van der Waals surface area contributed by atoms with E-state index in [0.29, 0.717) is 17.9 Å². The Morgan fingerprint density at radius 3 is 2.91 bits per heavy atom. The summed E-state index contributed by atoms with van der Waals surface area (Å²) in [5.74, 6) is 0.623. The van der Waals surface area contributed by atoms with Gasteiger partial charge in [0.05, 0.1) is 0 Å². The molecule has 1 aromatic carbocycles. The van der Waals surface area contributed by atoms with E-state index in [1.54, 1.807) is 23.1 Å². The van der Waals surface area contributed by atoms with Gasteiger partial charge in [-0.3, -0.25) is 9.20 Å². The van der Waals surface area contributed by atoms with Crippen LogP contribution in [0, 0.1) is 0 Å². The number of fused-ring (bicyclic) bond motifs is 1. The highest BCUT2D eigenvalue weighted by molar-refractivity contribution is 6.01. The molecule has 0 bridgehead atoms. The molecule has 0 unspecified atom stereocenters. The number of rotatable bonds is 3. The third-order valence-electron chi connectivity index (χ3n) is 4.11. The predicted molar refractivity (Wildman–Crippen MR) is 86.2 cm³/mol. The van der Waals surface area contributed by atoms with Crippen molar-refractivity contribution in [1.82, 2.24) is 19.6 Å². The Kier molecular flexibility index (Phi) is 3.18. The van der Waals surface area contributed by atoms with Gasteiger partial charge in [0.25, 0.3) is 0 Å². The van der Waals surface area contributed by atoms with Crippen LogP contribution in [0.3, 0.4) is 0 Å². The van der Waals surface area contributed by atoms with Crippen molar-refractivity contribution in [1.29, 1.82) is 0 Å². The summed E-state index contributed by atoms with van der Waals surface area (Å²) in [6.45, 7) is 2.05. The molecule has 1 N–H and O–H groups in total. The molecular formula is C16H16N6O. The Bertz CT molecular complexity index is 846. The van der Waals surface area contributed by atoms with Gasteiger partial charge in [0.2, 0.25) is 11.6 Å².